The van der Waals surface area contributed by atoms with Gasteiger partial charge in [0.1, 0.15) is 0 Å². The molecule has 0 fully saturated rings. The van der Waals surface area contributed by atoms with Gasteiger partial charge in [0.25, 0.3) is 0 Å². The molecule has 0 aliphatic heterocycles. The van der Waals surface area contributed by atoms with E-state index >= 15 is 0 Å². The van der Waals surface area contributed by atoms with Gasteiger partial charge in [-0.05, 0) is 24.5 Å². The lowest BCUT2D eigenvalue weighted by Crippen LogP contribution is -2.11. The number of aliphatic imine (C=N–C) groups is 1. The standard InChI is InChI=1S/C13H17Cl2N/c1-9(16-8-13(2,3)4)11-6-5-10(14)7-12(11)15/h5-7H,8H2,1-4H3/b16-9+. The molecule has 0 aromatic heterocycles. The third-order valence-corrected chi connectivity index (χ3v) is 2.66. The SMILES string of the molecule is C/C(=N\CC(C)(C)C)c1ccc(Cl)cc1Cl. The normalized spacial score (nSPS) is 13.0. The number of benzene rings is 1. The fourth-order valence-corrected chi connectivity index (χ4v) is 1.77. The average Bonchev–Trinajstić information content (AvgIpc) is 2.13. The summed E-state index contributed by atoms with van der Waals surface area (Å²) < 4.78 is 0. The van der Waals surface area contributed by atoms with Crippen molar-refractivity contribution in [1.82, 2.24) is 0 Å². The van der Waals surface area contributed by atoms with E-state index in [1.54, 1.807) is 6.07 Å². The Balaban J connectivity index is 2.92. The first kappa shape index (κ1) is 13.5. The molecule has 0 N–H and O–H groups in total. The van der Waals surface area contributed by atoms with Gasteiger partial charge in [-0.1, -0.05) is 50.0 Å². The Bertz CT molecular complexity index is 403. The van der Waals surface area contributed by atoms with E-state index in [0.717, 1.165) is 17.8 Å². The molecule has 0 heterocycles. The Morgan fingerprint density at radius 2 is 1.88 bits per heavy atom. The molecule has 0 atom stereocenters. The summed E-state index contributed by atoms with van der Waals surface area (Å²) in [4.78, 5) is 4.55. The average molecular weight is 258 g/mol. The minimum absolute atomic E-state index is 0.195. The van der Waals surface area contributed by atoms with Crippen LogP contribution in [0.2, 0.25) is 10.0 Å². The van der Waals surface area contributed by atoms with Crippen LogP contribution in [0.3, 0.4) is 0 Å². The zero-order valence-corrected chi connectivity index (χ0v) is 11.7. The zero-order valence-electron chi connectivity index (χ0n) is 10.1. The molecule has 0 saturated carbocycles. The first-order chi connectivity index (χ1) is 7.29. The number of hydrogen-bond acceptors (Lipinski definition) is 1. The Hall–Kier alpha value is -0.530. The number of rotatable bonds is 2. The predicted octanol–water partition coefficient (Wildman–Crippen LogP) is 4.85. The van der Waals surface area contributed by atoms with Crippen LogP contribution in [0.1, 0.15) is 33.3 Å². The van der Waals surface area contributed by atoms with Crippen LogP contribution in [0.5, 0.6) is 0 Å². The lowest BCUT2D eigenvalue weighted by Gasteiger charge is -2.15. The van der Waals surface area contributed by atoms with E-state index in [-0.39, 0.29) is 5.41 Å². The Kier molecular flexibility index (Phi) is 4.40. The molecule has 0 spiro atoms. The van der Waals surface area contributed by atoms with Crippen LogP contribution < -0.4 is 0 Å². The zero-order chi connectivity index (χ0) is 12.3. The van der Waals surface area contributed by atoms with Gasteiger partial charge in [0.15, 0.2) is 0 Å². The van der Waals surface area contributed by atoms with Crippen LogP contribution in [0.15, 0.2) is 23.2 Å². The smallest absolute Gasteiger partial charge is 0.0511 e. The van der Waals surface area contributed by atoms with Gasteiger partial charge in [0.2, 0.25) is 0 Å². The fraction of sp³-hybridized carbons (Fsp3) is 0.462. The lowest BCUT2D eigenvalue weighted by molar-refractivity contribution is 0.429. The Morgan fingerprint density at radius 3 is 2.38 bits per heavy atom. The van der Waals surface area contributed by atoms with Gasteiger partial charge in [-0.15, -0.1) is 0 Å². The molecule has 0 saturated heterocycles. The highest BCUT2D eigenvalue weighted by Crippen LogP contribution is 2.22. The maximum Gasteiger partial charge on any atom is 0.0511 e. The number of halogens is 2. The van der Waals surface area contributed by atoms with Crippen LogP contribution in [-0.4, -0.2) is 12.3 Å². The predicted molar refractivity (Wildman–Crippen MR) is 73.0 cm³/mol. The molecule has 0 radical (unpaired) electrons. The third-order valence-electron chi connectivity index (χ3n) is 2.11. The summed E-state index contributed by atoms with van der Waals surface area (Å²) in [6.07, 6.45) is 0. The molecular weight excluding hydrogens is 241 g/mol. The first-order valence-electron chi connectivity index (χ1n) is 5.26. The highest BCUT2D eigenvalue weighted by molar-refractivity contribution is 6.37. The van der Waals surface area contributed by atoms with Crippen LogP contribution in [0.25, 0.3) is 0 Å². The van der Waals surface area contributed by atoms with Gasteiger partial charge in [-0.2, -0.15) is 0 Å². The summed E-state index contributed by atoms with van der Waals surface area (Å²) >= 11 is 12.0. The van der Waals surface area contributed by atoms with E-state index in [4.69, 9.17) is 23.2 Å². The molecule has 3 heteroatoms. The summed E-state index contributed by atoms with van der Waals surface area (Å²) in [5.74, 6) is 0. The van der Waals surface area contributed by atoms with Crippen molar-refractivity contribution in [3.63, 3.8) is 0 Å². The first-order valence-corrected chi connectivity index (χ1v) is 6.02. The molecule has 0 amide bonds. The van der Waals surface area contributed by atoms with Crippen molar-refractivity contribution in [2.75, 3.05) is 6.54 Å². The van der Waals surface area contributed by atoms with Crippen molar-refractivity contribution in [3.05, 3.63) is 33.8 Å². The maximum atomic E-state index is 6.11. The van der Waals surface area contributed by atoms with Gasteiger partial charge in [0.05, 0.1) is 5.02 Å². The Morgan fingerprint density at radius 1 is 1.25 bits per heavy atom. The highest BCUT2D eigenvalue weighted by Gasteiger charge is 2.10. The monoisotopic (exact) mass is 257 g/mol. The van der Waals surface area contributed by atoms with E-state index in [0.29, 0.717) is 10.0 Å². The number of hydrogen-bond donors (Lipinski definition) is 0. The topological polar surface area (TPSA) is 12.4 Å². The summed E-state index contributed by atoms with van der Waals surface area (Å²) in [7, 11) is 0. The largest absolute Gasteiger partial charge is 0.289 e. The summed E-state index contributed by atoms with van der Waals surface area (Å²) in [5, 5.41) is 1.31. The van der Waals surface area contributed by atoms with E-state index in [9.17, 15) is 0 Å². The molecule has 0 aliphatic rings. The van der Waals surface area contributed by atoms with Crippen molar-refractivity contribution in [1.29, 1.82) is 0 Å². The fourth-order valence-electron chi connectivity index (χ4n) is 1.22. The van der Waals surface area contributed by atoms with Gasteiger partial charge < -0.3 is 0 Å². The van der Waals surface area contributed by atoms with E-state index in [2.05, 4.69) is 25.8 Å². The summed E-state index contributed by atoms with van der Waals surface area (Å²) in [5.41, 5.74) is 2.10. The Labute approximate surface area is 107 Å². The quantitative estimate of drug-likeness (QED) is 0.672. The van der Waals surface area contributed by atoms with Crippen molar-refractivity contribution in [2.45, 2.75) is 27.7 Å². The van der Waals surface area contributed by atoms with Crippen LogP contribution >= 0.6 is 23.2 Å². The number of nitrogens with zero attached hydrogens (tertiary/aromatic N) is 1. The highest BCUT2D eigenvalue weighted by atomic mass is 35.5. The molecular formula is C13H17Cl2N. The minimum atomic E-state index is 0.195. The van der Waals surface area contributed by atoms with Crippen molar-refractivity contribution in [2.24, 2.45) is 10.4 Å². The maximum absolute atomic E-state index is 6.11. The molecule has 88 valence electrons. The van der Waals surface area contributed by atoms with E-state index in [1.165, 1.54) is 0 Å². The second-order valence-electron chi connectivity index (χ2n) is 5.09. The molecule has 1 aromatic rings. The molecule has 1 aromatic carbocycles. The van der Waals surface area contributed by atoms with Crippen molar-refractivity contribution in [3.8, 4) is 0 Å². The third kappa shape index (κ3) is 4.15. The van der Waals surface area contributed by atoms with Crippen LogP contribution in [0.4, 0.5) is 0 Å². The molecule has 16 heavy (non-hydrogen) atoms. The van der Waals surface area contributed by atoms with Gasteiger partial charge >= 0.3 is 0 Å². The molecule has 0 aliphatic carbocycles. The lowest BCUT2D eigenvalue weighted by atomic mass is 9.97. The second kappa shape index (κ2) is 5.20. The van der Waals surface area contributed by atoms with Gasteiger partial charge in [-0.3, -0.25) is 4.99 Å². The van der Waals surface area contributed by atoms with Crippen LogP contribution in [0, 0.1) is 5.41 Å². The molecule has 0 bridgehead atoms. The second-order valence-corrected chi connectivity index (χ2v) is 5.93. The molecule has 1 nitrogen and oxygen atoms in total. The summed E-state index contributed by atoms with van der Waals surface area (Å²) in [6.45, 7) is 9.24. The van der Waals surface area contributed by atoms with E-state index in [1.807, 2.05) is 19.1 Å². The van der Waals surface area contributed by atoms with E-state index < -0.39 is 0 Å². The van der Waals surface area contributed by atoms with Gasteiger partial charge in [0, 0.05) is 22.8 Å². The minimum Gasteiger partial charge on any atom is -0.289 e. The van der Waals surface area contributed by atoms with Crippen molar-refractivity contribution >= 4 is 28.9 Å². The molecule has 0 unspecified atom stereocenters. The van der Waals surface area contributed by atoms with Crippen molar-refractivity contribution < 1.29 is 0 Å². The summed E-state index contributed by atoms with van der Waals surface area (Å²) in [6, 6.07) is 5.49. The molecule has 1 rings (SSSR count). The van der Waals surface area contributed by atoms with Gasteiger partial charge in [-0.25, -0.2) is 0 Å². The van der Waals surface area contributed by atoms with Crippen LogP contribution in [-0.2, 0) is 0 Å².